The van der Waals surface area contributed by atoms with Crippen molar-refractivity contribution in [1.29, 1.82) is 0 Å². The van der Waals surface area contributed by atoms with Gasteiger partial charge in [-0.05, 0) is 34.7 Å². The van der Waals surface area contributed by atoms with E-state index in [4.69, 9.17) is 4.55 Å². The Kier molecular flexibility index (Phi) is 3.31. The molecule has 1 rings (SSSR count). The summed E-state index contributed by atoms with van der Waals surface area (Å²) in [7, 11) is -4.87. The molecule has 1 aromatic carbocycles. The van der Waals surface area contributed by atoms with Gasteiger partial charge in [0.15, 0.2) is 0 Å². The van der Waals surface area contributed by atoms with Gasteiger partial charge in [0.05, 0.1) is 5.56 Å². The summed E-state index contributed by atoms with van der Waals surface area (Å²) < 4.78 is 67.2. The molecule has 0 aromatic heterocycles. The van der Waals surface area contributed by atoms with Crippen molar-refractivity contribution in [3.05, 3.63) is 27.3 Å². The van der Waals surface area contributed by atoms with Gasteiger partial charge in [-0.2, -0.15) is 21.6 Å². The maximum atomic E-state index is 12.4. The minimum Gasteiger partial charge on any atom is -0.282 e. The number of alkyl halides is 3. The first-order chi connectivity index (χ1) is 6.64. The highest BCUT2D eigenvalue weighted by molar-refractivity contribution is 14.1. The Morgan fingerprint density at radius 3 is 2.13 bits per heavy atom. The van der Waals surface area contributed by atoms with Gasteiger partial charge in [-0.1, -0.05) is 6.07 Å². The van der Waals surface area contributed by atoms with E-state index in [1.165, 1.54) is 28.7 Å². The zero-order valence-electron chi connectivity index (χ0n) is 6.92. The third-order valence-electron chi connectivity index (χ3n) is 1.53. The van der Waals surface area contributed by atoms with E-state index in [1.54, 1.807) is 0 Å². The summed E-state index contributed by atoms with van der Waals surface area (Å²) in [6.45, 7) is 0. The molecule has 0 heterocycles. The molecule has 0 atom stereocenters. The number of hydrogen-bond donors (Lipinski definition) is 1. The summed E-state index contributed by atoms with van der Waals surface area (Å²) in [6, 6.07) is 2.84. The Labute approximate surface area is 97.2 Å². The van der Waals surface area contributed by atoms with Crippen LogP contribution in [0.25, 0.3) is 0 Å². The van der Waals surface area contributed by atoms with Gasteiger partial charge in [-0.3, -0.25) is 4.55 Å². The Balaban J connectivity index is 3.63. The van der Waals surface area contributed by atoms with Crippen molar-refractivity contribution < 1.29 is 26.1 Å². The van der Waals surface area contributed by atoms with Crippen molar-refractivity contribution in [3.8, 4) is 0 Å². The van der Waals surface area contributed by atoms with Crippen LogP contribution in [0.1, 0.15) is 5.56 Å². The molecule has 0 saturated heterocycles. The van der Waals surface area contributed by atoms with Crippen LogP contribution in [0.3, 0.4) is 0 Å². The minimum atomic E-state index is -4.87. The van der Waals surface area contributed by atoms with Gasteiger partial charge in [-0.25, -0.2) is 0 Å². The fraction of sp³-hybridized carbons (Fsp3) is 0.143. The standard InChI is InChI=1S/C7H4F3IO3S/c8-7(9,10)4-2-1-3-5(11)6(4)15(12,13)14/h1-3H,(H,12,13,14). The molecular formula is C7H4F3IO3S. The monoisotopic (exact) mass is 352 g/mol. The fourth-order valence-corrected chi connectivity index (χ4v) is 3.10. The zero-order valence-corrected chi connectivity index (χ0v) is 9.89. The van der Waals surface area contributed by atoms with Gasteiger partial charge >= 0.3 is 6.18 Å². The van der Waals surface area contributed by atoms with Gasteiger partial charge in [0.25, 0.3) is 10.1 Å². The highest BCUT2D eigenvalue weighted by atomic mass is 127. The molecule has 0 unspecified atom stereocenters. The molecule has 0 aliphatic rings. The summed E-state index contributed by atoms with van der Waals surface area (Å²) in [6.07, 6.45) is -4.81. The lowest BCUT2D eigenvalue weighted by Gasteiger charge is -2.11. The third kappa shape index (κ3) is 2.82. The van der Waals surface area contributed by atoms with Crippen molar-refractivity contribution in [1.82, 2.24) is 0 Å². The van der Waals surface area contributed by atoms with Crippen molar-refractivity contribution in [2.24, 2.45) is 0 Å². The molecule has 84 valence electrons. The van der Waals surface area contributed by atoms with Crippen LogP contribution in [-0.2, 0) is 16.3 Å². The van der Waals surface area contributed by atoms with Crippen LogP contribution in [0.2, 0.25) is 0 Å². The second-order valence-electron chi connectivity index (χ2n) is 2.59. The van der Waals surface area contributed by atoms with Crippen LogP contribution in [0.4, 0.5) is 13.2 Å². The maximum absolute atomic E-state index is 12.4. The SMILES string of the molecule is O=S(=O)(O)c1c(I)cccc1C(F)(F)F. The van der Waals surface area contributed by atoms with Gasteiger partial charge in [0.2, 0.25) is 0 Å². The van der Waals surface area contributed by atoms with Crippen LogP contribution in [0.15, 0.2) is 23.1 Å². The van der Waals surface area contributed by atoms with Crippen LogP contribution in [-0.4, -0.2) is 13.0 Å². The Hall–Kier alpha value is -0.350. The lowest BCUT2D eigenvalue weighted by Crippen LogP contribution is -2.14. The molecule has 1 aromatic rings. The summed E-state index contributed by atoms with van der Waals surface area (Å²) in [5, 5.41) is 0. The zero-order chi connectivity index (χ0) is 11.9. The molecule has 0 fully saturated rings. The Bertz CT molecular complexity index is 481. The largest absolute Gasteiger partial charge is 0.417 e. The lowest BCUT2D eigenvalue weighted by atomic mass is 10.2. The lowest BCUT2D eigenvalue weighted by molar-refractivity contribution is -0.140. The first kappa shape index (κ1) is 12.7. The predicted octanol–water partition coefficient (Wildman–Crippen LogP) is 2.56. The Morgan fingerprint density at radius 1 is 1.27 bits per heavy atom. The molecule has 8 heteroatoms. The topological polar surface area (TPSA) is 54.4 Å². The van der Waals surface area contributed by atoms with Crippen LogP contribution in [0, 0.1) is 3.57 Å². The second kappa shape index (κ2) is 3.91. The predicted molar refractivity (Wildman–Crippen MR) is 54.0 cm³/mol. The highest BCUT2D eigenvalue weighted by Gasteiger charge is 2.37. The van der Waals surface area contributed by atoms with Crippen LogP contribution < -0.4 is 0 Å². The van der Waals surface area contributed by atoms with E-state index >= 15 is 0 Å². The van der Waals surface area contributed by atoms with Gasteiger partial charge in [0.1, 0.15) is 4.90 Å². The number of hydrogen-bond acceptors (Lipinski definition) is 2. The minimum absolute atomic E-state index is 0.176. The molecule has 0 spiro atoms. The fourth-order valence-electron chi connectivity index (χ4n) is 0.994. The Morgan fingerprint density at radius 2 is 1.80 bits per heavy atom. The van der Waals surface area contributed by atoms with E-state index < -0.39 is 26.8 Å². The maximum Gasteiger partial charge on any atom is 0.417 e. The van der Waals surface area contributed by atoms with Crippen LogP contribution in [0.5, 0.6) is 0 Å². The molecule has 1 N–H and O–H groups in total. The van der Waals surface area contributed by atoms with Crippen molar-refractivity contribution >= 4 is 32.7 Å². The summed E-state index contributed by atoms with van der Waals surface area (Å²) >= 11 is 1.41. The van der Waals surface area contributed by atoms with E-state index in [0.29, 0.717) is 6.07 Å². The van der Waals surface area contributed by atoms with E-state index in [1.807, 2.05) is 0 Å². The average molecular weight is 352 g/mol. The average Bonchev–Trinajstić information content (AvgIpc) is 1.99. The van der Waals surface area contributed by atoms with E-state index in [9.17, 15) is 21.6 Å². The smallest absolute Gasteiger partial charge is 0.282 e. The molecule has 0 amide bonds. The summed E-state index contributed by atoms with van der Waals surface area (Å²) in [5.74, 6) is 0. The third-order valence-corrected chi connectivity index (χ3v) is 3.75. The number of benzene rings is 1. The summed E-state index contributed by atoms with van der Waals surface area (Å²) in [5.41, 5.74) is -1.36. The second-order valence-corrected chi connectivity index (χ2v) is 5.11. The molecule has 0 bridgehead atoms. The van der Waals surface area contributed by atoms with Crippen molar-refractivity contribution in [2.45, 2.75) is 11.1 Å². The van der Waals surface area contributed by atoms with Crippen molar-refractivity contribution in [3.63, 3.8) is 0 Å². The molecular weight excluding hydrogens is 348 g/mol. The number of halogens is 4. The van der Waals surface area contributed by atoms with Crippen molar-refractivity contribution in [2.75, 3.05) is 0 Å². The summed E-state index contributed by atoms with van der Waals surface area (Å²) in [4.78, 5) is -1.10. The van der Waals surface area contributed by atoms with E-state index in [-0.39, 0.29) is 3.57 Å². The highest BCUT2D eigenvalue weighted by Crippen LogP contribution is 2.35. The number of rotatable bonds is 1. The normalized spacial score (nSPS) is 12.9. The van der Waals surface area contributed by atoms with E-state index in [2.05, 4.69) is 0 Å². The van der Waals surface area contributed by atoms with E-state index in [0.717, 1.165) is 6.07 Å². The van der Waals surface area contributed by atoms with Gasteiger partial charge < -0.3 is 0 Å². The quantitative estimate of drug-likeness (QED) is 0.624. The van der Waals surface area contributed by atoms with Crippen LogP contribution >= 0.6 is 22.6 Å². The first-order valence-corrected chi connectivity index (χ1v) is 5.99. The van der Waals surface area contributed by atoms with Gasteiger partial charge in [-0.15, -0.1) is 0 Å². The molecule has 0 aliphatic heterocycles. The first-order valence-electron chi connectivity index (χ1n) is 3.47. The molecule has 3 nitrogen and oxygen atoms in total. The van der Waals surface area contributed by atoms with Gasteiger partial charge in [0, 0.05) is 3.57 Å². The molecule has 0 radical (unpaired) electrons. The molecule has 0 aliphatic carbocycles. The molecule has 15 heavy (non-hydrogen) atoms. The molecule has 0 saturated carbocycles.